The fourth-order valence-electron chi connectivity index (χ4n) is 2.36. The number of fused-ring (bicyclic) bond motifs is 1. The quantitative estimate of drug-likeness (QED) is 0.798. The number of Topliss-reactive ketones (excluding diaryl/α,β-unsaturated/α-hetero) is 2. The Bertz CT molecular complexity index is 830. The second-order valence-corrected chi connectivity index (χ2v) is 6.41. The Balaban J connectivity index is 1.93. The number of ketones is 2. The highest BCUT2D eigenvalue weighted by atomic mass is 32.1. The van der Waals surface area contributed by atoms with Crippen LogP contribution in [0.1, 0.15) is 33.3 Å². The van der Waals surface area contributed by atoms with Gasteiger partial charge in [0.1, 0.15) is 18.1 Å². The smallest absolute Gasteiger partial charge is 0.232 e. The standard InChI is InChI=1S/C18H16O4S/c1-10-6-7-23-16(10)8-15-17(20)13-4-5-14(21-9-11(2)19)12(3)18(13)22-15/h4-8H,9H2,1-3H3/b15-8-. The van der Waals surface area contributed by atoms with Gasteiger partial charge in [0.15, 0.2) is 11.5 Å². The van der Waals surface area contributed by atoms with Crippen molar-refractivity contribution in [1.82, 2.24) is 0 Å². The zero-order valence-electron chi connectivity index (χ0n) is 13.1. The molecular formula is C18H16O4S. The van der Waals surface area contributed by atoms with Gasteiger partial charge in [0.05, 0.1) is 5.56 Å². The molecule has 1 aliphatic rings. The number of benzene rings is 1. The predicted molar refractivity (Wildman–Crippen MR) is 89.3 cm³/mol. The Morgan fingerprint density at radius 3 is 2.74 bits per heavy atom. The molecule has 0 atom stereocenters. The number of carbonyl (C=O) groups is 2. The summed E-state index contributed by atoms with van der Waals surface area (Å²) in [5.41, 5.74) is 2.36. The monoisotopic (exact) mass is 328 g/mol. The van der Waals surface area contributed by atoms with Gasteiger partial charge >= 0.3 is 0 Å². The molecule has 0 saturated heterocycles. The number of rotatable bonds is 4. The third kappa shape index (κ3) is 2.92. The number of carbonyl (C=O) groups excluding carboxylic acids is 2. The van der Waals surface area contributed by atoms with Crippen LogP contribution in [0.15, 0.2) is 29.3 Å². The van der Waals surface area contributed by atoms with Gasteiger partial charge in [0.2, 0.25) is 5.78 Å². The topological polar surface area (TPSA) is 52.6 Å². The summed E-state index contributed by atoms with van der Waals surface area (Å²) >= 11 is 1.57. The maximum Gasteiger partial charge on any atom is 0.232 e. The van der Waals surface area contributed by atoms with Crippen LogP contribution in [0.3, 0.4) is 0 Å². The van der Waals surface area contributed by atoms with E-state index in [1.807, 2.05) is 25.3 Å². The van der Waals surface area contributed by atoms with Crippen molar-refractivity contribution < 1.29 is 19.1 Å². The normalized spacial score (nSPS) is 14.7. The first-order valence-electron chi connectivity index (χ1n) is 7.21. The van der Waals surface area contributed by atoms with Crippen molar-refractivity contribution in [3.05, 3.63) is 50.9 Å². The van der Waals surface area contributed by atoms with E-state index in [1.165, 1.54) is 6.92 Å². The minimum absolute atomic E-state index is 0.00462. The maximum atomic E-state index is 12.5. The molecule has 0 aliphatic carbocycles. The van der Waals surface area contributed by atoms with Gasteiger partial charge in [-0.2, -0.15) is 0 Å². The lowest BCUT2D eigenvalue weighted by Gasteiger charge is -2.10. The number of aryl methyl sites for hydroxylation is 1. The lowest BCUT2D eigenvalue weighted by molar-refractivity contribution is -0.118. The summed E-state index contributed by atoms with van der Waals surface area (Å²) in [6, 6.07) is 5.39. The van der Waals surface area contributed by atoms with Gasteiger partial charge < -0.3 is 9.47 Å². The van der Waals surface area contributed by atoms with Gasteiger partial charge in [-0.05, 0) is 49.9 Å². The molecule has 0 amide bonds. The van der Waals surface area contributed by atoms with Crippen LogP contribution in [0.4, 0.5) is 0 Å². The molecule has 4 nitrogen and oxygen atoms in total. The second-order valence-electron chi connectivity index (χ2n) is 5.46. The van der Waals surface area contributed by atoms with E-state index in [0.717, 1.165) is 16.0 Å². The molecule has 0 fully saturated rings. The summed E-state index contributed by atoms with van der Waals surface area (Å²) in [5.74, 6) is 1.19. The first-order chi connectivity index (χ1) is 11.0. The van der Waals surface area contributed by atoms with Crippen LogP contribution in [0, 0.1) is 13.8 Å². The summed E-state index contributed by atoms with van der Waals surface area (Å²) in [7, 11) is 0. The molecule has 0 radical (unpaired) electrons. The van der Waals surface area contributed by atoms with Gasteiger partial charge in [0.25, 0.3) is 0 Å². The molecule has 1 aromatic heterocycles. The zero-order chi connectivity index (χ0) is 16.6. The molecule has 0 unspecified atom stereocenters. The average molecular weight is 328 g/mol. The van der Waals surface area contributed by atoms with E-state index in [-0.39, 0.29) is 18.2 Å². The van der Waals surface area contributed by atoms with Crippen molar-refractivity contribution >= 4 is 29.0 Å². The molecule has 0 spiro atoms. The Morgan fingerprint density at radius 1 is 1.30 bits per heavy atom. The van der Waals surface area contributed by atoms with Crippen LogP contribution in [0.5, 0.6) is 11.5 Å². The number of hydrogen-bond donors (Lipinski definition) is 0. The largest absolute Gasteiger partial charge is 0.485 e. The molecule has 3 rings (SSSR count). The van der Waals surface area contributed by atoms with Crippen molar-refractivity contribution in [1.29, 1.82) is 0 Å². The van der Waals surface area contributed by atoms with Gasteiger partial charge in [0, 0.05) is 16.5 Å². The van der Waals surface area contributed by atoms with Crippen molar-refractivity contribution in [3.63, 3.8) is 0 Å². The number of allylic oxidation sites excluding steroid dienone is 1. The molecule has 23 heavy (non-hydrogen) atoms. The van der Waals surface area contributed by atoms with Crippen LogP contribution in [0.25, 0.3) is 6.08 Å². The number of hydrogen-bond acceptors (Lipinski definition) is 5. The highest BCUT2D eigenvalue weighted by Crippen LogP contribution is 2.39. The minimum atomic E-state index is -0.131. The summed E-state index contributed by atoms with van der Waals surface area (Å²) in [6.45, 7) is 5.28. The summed E-state index contributed by atoms with van der Waals surface area (Å²) in [5, 5.41) is 1.98. The Labute approximate surface area is 138 Å². The van der Waals surface area contributed by atoms with Crippen LogP contribution < -0.4 is 9.47 Å². The average Bonchev–Trinajstić information content (AvgIpc) is 3.04. The van der Waals surface area contributed by atoms with Gasteiger partial charge in [-0.1, -0.05) is 0 Å². The lowest BCUT2D eigenvalue weighted by atomic mass is 10.1. The van der Waals surface area contributed by atoms with Gasteiger partial charge in [-0.15, -0.1) is 11.3 Å². The zero-order valence-corrected chi connectivity index (χ0v) is 14.0. The van der Waals surface area contributed by atoms with E-state index in [1.54, 1.807) is 29.5 Å². The molecular weight excluding hydrogens is 312 g/mol. The molecule has 118 valence electrons. The Hall–Kier alpha value is -2.40. The molecule has 5 heteroatoms. The summed E-state index contributed by atoms with van der Waals surface area (Å²) < 4.78 is 11.2. The first kappa shape index (κ1) is 15.5. The second kappa shape index (κ2) is 6.01. The predicted octanol–water partition coefficient (Wildman–Crippen LogP) is 3.95. The fourth-order valence-corrected chi connectivity index (χ4v) is 3.20. The van der Waals surface area contributed by atoms with Crippen molar-refractivity contribution in [2.75, 3.05) is 6.61 Å². The number of ether oxygens (including phenoxy) is 2. The third-order valence-corrected chi connectivity index (χ3v) is 4.60. The first-order valence-corrected chi connectivity index (χ1v) is 8.09. The van der Waals surface area contributed by atoms with Gasteiger partial charge in [-0.3, -0.25) is 9.59 Å². The fraction of sp³-hybridized carbons (Fsp3) is 0.222. The number of thiophene rings is 1. The molecule has 0 N–H and O–H groups in total. The Kier molecular flexibility index (Phi) is 4.05. The van der Waals surface area contributed by atoms with Crippen LogP contribution in [-0.2, 0) is 4.79 Å². The Morgan fingerprint density at radius 2 is 2.09 bits per heavy atom. The van der Waals surface area contributed by atoms with Crippen molar-refractivity contribution in [3.8, 4) is 11.5 Å². The highest BCUT2D eigenvalue weighted by molar-refractivity contribution is 7.11. The van der Waals surface area contributed by atoms with E-state index in [9.17, 15) is 9.59 Å². The van der Waals surface area contributed by atoms with Gasteiger partial charge in [-0.25, -0.2) is 0 Å². The molecule has 0 saturated carbocycles. The SMILES string of the molecule is CC(=O)COc1ccc2c(c1C)O/C(=C\c1sccc1C)C2=O. The molecule has 1 aromatic carbocycles. The van der Waals surface area contributed by atoms with Crippen molar-refractivity contribution in [2.24, 2.45) is 0 Å². The maximum absolute atomic E-state index is 12.5. The molecule has 2 aromatic rings. The van der Waals surface area contributed by atoms with E-state index >= 15 is 0 Å². The lowest BCUT2D eigenvalue weighted by Crippen LogP contribution is -2.07. The third-order valence-electron chi connectivity index (χ3n) is 3.63. The van der Waals surface area contributed by atoms with Crippen molar-refractivity contribution in [2.45, 2.75) is 20.8 Å². The van der Waals surface area contributed by atoms with Crippen LogP contribution in [0.2, 0.25) is 0 Å². The van der Waals surface area contributed by atoms with E-state index in [2.05, 4.69) is 0 Å². The van der Waals surface area contributed by atoms with Crippen LogP contribution in [-0.4, -0.2) is 18.2 Å². The molecule has 2 heterocycles. The summed E-state index contributed by atoms with van der Waals surface area (Å²) in [6.07, 6.45) is 1.78. The minimum Gasteiger partial charge on any atom is -0.485 e. The van der Waals surface area contributed by atoms with E-state index < -0.39 is 0 Å². The highest BCUT2D eigenvalue weighted by Gasteiger charge is 2.30. The molecule has 0 bridgehead atoms. The van der Waals surface area contributed by atoms with E-state index in [0.29, 0.717) is 22.8 Å². The summed E-state index contributed by atoms with van der Waals surface area (Å²) in [4.78, 5) is 24.5. The van der Waals surface area contributed by atoms with Crippen LogP contribution >= 0.6 is 11.3 Å². The molecule has 1 aliphatic heterocycles. The van der Waals surface area contributed by atoms with E-state index in [4.69, 9.17) is 9.47 Å².